The first kappa shape index (κ1) is 88.9. The van der Waals surface area contributed by atoms with Gasteiger partial charge in [-0.1, -0.05) is 256 Å². The maximum atomic E-state index is 13.4. The van der Waals surface area contributed by atoms with Crippen molar-refractivity contribution in [3.05, 3.63) is 146 Å². The number of aliphatic hydroxyl groups is 11. The predicted octanol–water partition coefficient (Wildman–Crippen LogP) is 11.5. The molecule has 19 heteroatoms. The highest BCUT2D eigenvalue weighted by Gasteiger charge is 2.53. The van der Waals surface area contributed by atoms with Crippen molar-refractivity contribution in [3.8, 4) is 0 Å². The van der Waals surface area contributed by atoms with Crippen LogP contribution in [0.25, 0.3) is 0 Å². The van der Waals surface area contributed by atoms with E-state index in [9.17, 15) is 61.0 Å². The standard InChI is InChI=1S/C80H131NO18/c1-3-5-7-9-11-13-15-17-19-20-21-22-23-24-25-26-27-28-29-30-31-32-33-34-35-36-37-38-39-40-41-42-44-46-48-50-52-54-56-58-68(86)81-63(64(85)57-55-53-51-49-47-45-43-18-16-14-12-10-8-6-4-2)62-94-78-74(92)71(89)76(66(60-83)96-78)99-80-75(93)72(90)77(67(61-84)97-80)98-79-73(91)70(88)69(87)65(59-82)95-79/h5,7,11,13,17,19,21-22,24-25,27-28,30-31,33-34,36-37,39-40,42,44,55,57,63-67,69-80,82-85,87-93H,3-4,6,8-10,12,14-16,18,20,23,26,29,32,35,38,41,43,45-54,56,58-62H2,1-2H3,(H,81,86)/b7-5-,13-11-,19-17-,22-21-,25-24-,28-27-,31-30-,34-33-,37-36-,40-39-,44-42-,57-55+. The van der Waals surface area contributed by atoms with Crippen LogP contribution in [0.2, 0.25) is 0 Å². The molecule has 3 aliphatic heterocycles. The van der Waals surface area contributed by atoms with Crippen molar-refractivity contribution in [2.24, 2.45) is 0 Å². The van der Waals surface area contributed by atoms with Crippen LogP contribution in [-0.4, -0.2) is 193 Å². The van der Waals surface area contributed by atoms with Gasteiger partial charge in [0.1, 0.15) is 73.2 Å². The minimum absolute atomic E-state index is 0.211. The molecule has 17 unspecified atom stereocenters. The van der Waals surface area contributed by atoms with Crippen LogP contribution in [-0.2, 0) is 33.2 Å². The first-order chi connectivity index (χ1) is 48.3. The van der Waals surface area contributed by atoms with Gasteiger partial charge in [0.25, 0.3) is 0 Å². The average molecular weight is 1390 g/mol. The quantitative estimate of drug-likeness (QED) is 0.0199. The van der Waals surface area contributed by atoms with Gasteiger partial charge in [0.15, 0.2) is 18.9 Å². The smallest absolute Gasteiger partial charge is 0.220 e. The minimum atomic E-state index is -1.99. The summed E-state index contributed by atoms with van der Waals surface area (Å²) in [5.74, 6) is -0.301. The Balaban J connectivity index is 1.37. The van der Waals surface area contributed by atoms with E-state index in [1.165, 1.54) is 64.2 Å². The van der Waals surface area contributed by atoms with Gasteiger partial charge in [-0.05, 0) is 103 Å². The van der Waals surface area contributed by atoms with E-state index in [2.05, 4.69) is 153 Å². The van der Waals surface area contributed by atoms with Crippen molar-refractivity contribution in [2.45, 2.75) is 324 Å². The van der Waals surface area contributed by atoms with Gasteiger partial charge < -0.3 is 89.9 Å². The van der Waals surface area contributed by atoms with Crippen LogP contribution in [0.3, 0.4) is 0 Å². The molecular formula is C80H131NO18. The molecule has 0 saturated carbocycles. The lowest BCUT2D eigenvalue weighted by molar-refractivity contribution is -0.379. The summed E-state index contributed by atoms with van der Waals surface area (Å²) >= 11 is 0. The Morgan fingerprint density at radius 3 is 1.09 bits per heavy atom. The van der Waals surface area contributed by atoms with Crippen molar-refractivity contribution >= 4 is 5.91 Å². The Bertz CT molecular complexity index is 2360. The third-order valence-electron chi connectivity index (χ3n) is 17.6. The highest BCUT2D eigenvalue weighted by Crippen LogP contribution is 2.33. The monoisotopic (exact) mass is 1390 g/mol. The number of carbonyl (C=O) groups excluding carboxylic acids is 1. The van der Waals surface area contributed by atoms with Gasteiger partial charge in [-0.2, -0.15) is 0 Å². The molecule has 0 aromatic carbocycles. The minimum Gasteiger partial charge on any atom is -0.394 e. The Hall–Kier alpha value is -4.33. The van der Waals surface area contributed by atoms with E-state index in [0.717, 1.165) is 128 Å². The number of rotatable bonds is 56. The zero-order chi connectivity index (χ0) is 71.8. The largest absolute Gasteiger partial charge is 0.394 e. The van der Waals surface area contributed by atoms with Gasteiger partial charge in [0.05, 0.1) is 38.6 Å². The fraction of sp³-hybridized carbons (Fsp3) is 0.688. The molecule has 17 atom stereocenters. The SMILES string of the molecule is CC/C=C\C/C=C\C/C=C\C/C=C\C/C=C\C/C=C\C/C=C\C/C=C\C/C=C\C/C=C\C/C=C\CCCCCCCC(=O)NC(COC1OC(CO)C(OC2OC(CO)C(OC3OC(CO)C(O)C(O)C3O)C(O)C2O)C(O)C1O)C(O)/C=C/CCCCCCCCCCCCCCC. The summed E-state index contributed by atoms with van der Waals surface area (Å²) in [6.45, 7) is 1.58. The van der Waals surface area contributed by atoms with Crippen molar-refractivity contribution in [2.75, 3.05) is 26.4 Å². The first-order valence-electron chi connectivity index (χ1n) is 37.6. The Morgan fingerprint density at radius 2 is 0.697 bits per heavy atom. The lowest BCUT2D eigenvalue weighted by Gasteiger charge is -2.48. The first-order valence-corrected chi connectivity index (χ1v) is 37.6. The average Bonchev–Trinajstić information content (AvgIpc) is 0.784. The highest BCUT2D eigenvalue weighted by atomic mass is 16.8. The molecular weight excluding hydrogens is 1260 g/mol. The van der Waals surface area contributed by atoms with E-state index >= 15 is 0 Å². The highest BCUT2D eigenvalue weighted by molar-refractivity contribution is 5.76. The number of hydrogen-bond acceptors (Lipinski definition) is 18. The summed E-state index contributed by atoms with van der Waals surface area (Å²) in [6, 6.07) is -0.994. The molecule has 0 aromatic rings. The molecule has 3 saturated heterocycles. The third kappa shape index (κ3) is 39.8. The number of allylic oxidation sites excluding steroid dienone is 23. The summed E-state index contributed by atoms with van der Waals surface area (Å²) in [6.07, 6.45) is 58.2. The fourth-order valence-electron chi connectivity index (χ4n) is 11.6. The van der Waals surface area contributed by atoms with Crippen LogP contribution in [0.4, 0.5) is 0 Å². The zero-order valence-electron chi connectivity index (χ0n) is 59.9. The molecule has 19 nitrogen and oxygen atoms in total. The summed E-state index contributed by atoms with van der Waals surface area (Å²) < 4.78 is 34.3. The molecule has 0 aromatic heterocycles. The summed E-state index contributed by atoms with van der Waals surface area (Å²) in [5.41, 5.74) is 0. The van der Waals surface area contributed by atoms with E-state index < -0.39 is 124 Å². The van der Waals surface area contributed by atoms with E-state index in [-0.39, 0.29) is 18.9 Å². The van der Waals surface area contributed by atoms with Gasteiger partial charge in [0.2, 0.25) is 5.91 Å². The predicted molar refractivity (Wildman–Crippen MR) is 392 cm³/mol. The Morgan fingerprint density at radius 1 is 0.374 bits per heavy atom. The van der Waals surface area contributed by atoms with Crippen LogP contribution < -0.4 is 5.32 Å². The zero-order valence-corrected chi connectivity index (χ0v) is 59.9. The maximum absolute atomic E-state index is 13.4. The lowest BCUT2D eigenvalue weighted by atomic mass is 9.96. The van der Waals surface area contributed by atoms with Crippen LogP contribution >= 0.6 is 0 Å². The Kier molecular flexibility index (Phi) is 53.1. The van der Waals surface area contributed by atoms with Crippen LogP contribution in [0.15, 0.2) is 146 Å². The molecule has 0 spiro atoms. The Labute approximate surface area is 593 Å². The van der Waals surface area contributed by atoms with E-state index in [0.29, 0.717) is 6.42 Å². The van der Waals surface area contributed by atoms with E-state index in [4.69, 9.17) is 28.4 Å². The van der Waals surface area contributed by atoms with Crippen molar-refractivity contribution in [3.63, 3.8) is 0 Å². The van der Waals surface area contributed by atoms with Gasteiger partial charge in [-0.3, -0.25) is 4.79 Å². The second-order valence-electron chi connectivity index (χ2n) is 26.0. The summed E-state index contributed by atoms with van der Waals surface area (Å²) in [4.78, 5) is 13.4. The lowest BCUT2D eigenvalue weighted by Crippen LogP contribution is -2.66. The second kappa shape index (κ2) is 59.1. The van der Waals surface area contributed by atoms with Crippen molar-refractivity contribution in [1.29, 1.82) is 0 Å². The van der Waals surface area contributed by atoms with Gasteiger partial charge in [-0.25, -0.2) is 0 Å². The molecule has 3 aliphatic rings. The van der Waals surface area contributed by atoms with Gasteiger partial charge >= 0.3 is 0 Å². The molecule has 564 valence electrons. The maximum Gasteiger partial charge on any atom is 0.220 e. The normalized spacial score (nSPS) is 27.5. The number of nitrogens with one attached hydrogen (secondary N) is 1. The molecule has 12 N–H and O–H groups in total. The van der Waals surface area contributed by atoms with Crippen LogP contribution in [0, 0.1) is 0 Å². The summed E-state index contributed by atoms with van der Waals surface area (Å²) in [5, 5.41) is 121. The summed E-state index contributed by atoms with van der Waals surface area (Å²) in [7, 11) is 0. The molecule has 0 radical (unpaired) electrons. The van der Waals surface area contributed by atoms with Crippen LogP contribution in [0.1, 0.15) is 219 Å². The van der Waals surface area contributed by atoms with E-state index in [1.54, 1.807) is 6.08 Å². The molecule has 0 bridgehead atoms. The van der Waals surface area contributed by atoms with Gasteiger partial charge in [0, 0.05) is 6.42 Å². The number of aliphatic hydroxyl groups excluding tert-OH is 11. The molecule has 1 amide bonds. The van der Waals surface area contributed by atoms with Crippen molar-refractivity contribution in [1.82, 2.24) is 5.32 Å². The fourth-order valence-corrected chi connectivity index (χ4v) is 11.6. The molecule has 3 rings (SSSR count). The number of ether oxygens (including phenoxy) is 6. The van der Waals surface area contributed by atoms with Crippen LogP contribution in [0.5, 0.6) is 0 Å². The molecule has 3 heterocycles. The second-order valence-corrected chi connectivity index (χ2v) is 26.0. The number of carbonyl (C=O) groups is 1. The van der Waals surface area contributed by atoms with Gasteiger partial charge in [-0.15, -0.1) is 0 Å². The van der Waals surface area contributed by atoms with Crippen molar-refractivity contribution < 1.29 is 89.4 Å². The molecule has 0 aliphatic carbocycles. The van der Waals surface area contributed by atoms with E-state index in [1.807, 2.05) is 6.08 Å². The molecule has 99 heavy (non-hydrogen) atoms. The topological polar surface area (TPSA) is 307 Å². The molecule has 3 fully saturated rings. The number of hydrogen-bond donors (Lipinski definition) is 12. The third-order valence-corrected chi connectivity index (χ3v) is 17.6. The number of amides is 1. The number of unbranched alkanes of at least 4 members (excludes halogenated alkanes) is 18.